The van der Waals surface area contributed by atoms with Crippen LogP contribution < -0.4 is 10.9 Å². The first-order chi connectivity index (χ1) is 13.7. The molecule has 144 valence electrons. The van der Waals surface area contributed by atoms with Crippen LogP contribution in [0.1, 0.15) is 31.5 Å². The number of H-pyrrole nitrogens is 1. The summed E-state index contributed by atoms with van der Waals surface area (Å²) >= 11 is 1.49. The monoisotopic (exact) mass is 394 g/mol. The second-order valence-corrected chi connectivity index (χ2v) is 8.48. The average molecular weight is 395 g/mol. The van der Waals surface area contributed by atoms with Crippen molar-refractivity contribution >= 4 is 27.5 Å². The maximum atomic E-state index is 12.8. The number of hydrogen-bond acceptors (Lipinski definition) is 5. The predicted octanol–water partition coefficient (Wildman–Crippen LogP) is 2.89. The van der Waals surface area contributed by atoms with Crippen molar-refractivity contribution in [1.82, 2.24) is 20.2 Å². The van der Waals surface area contributed by atoms with Gasteiger partial charge in [-0.3, -0.25) is 14.5 Å². The SMILES string of the molecule is O=C(NC1CC1)[C@H]1CCCN1Cc1nc2scc(-c3ccccc3)c2c(=O)[nH]1. The number of nitrogens with zero attached hydrogens (tertiary/aromatic N) is 2. The second kappa shape index (κ2) is 7.14. The number of nitrogens with one attached hydrogen (secondary N) is 2. The van der Waals surface area contributed by atoms with E-state index in [0.29, 0.717) is 23.8 Å². The lowest BCUT2D eigenvalue weighted by atomic mass is 10.1. The molecule has 1 aliphatic heterocycles. The molecule has 1 saturated heterocycles. The minimum absolute atomic E-state index is 0.113. The summed E-state index contributed by atoms with van der Waals surface area (Å²) in [5.74, 6) is 0.746. The van der Waals surface area contributed by atoms with Crippen molar-refractivity contribution in [1.29, 1.82) is 0 Å². The van der Waals surface area contributed by atoms with E-state index in [0.717, 1.165) is 48.2 Å². The molecule has 2 fully saturated rings. The number of rotatable bonds is 5. The fourth-order valence-electron chi connectivity index (χ4n) is 3.93. The molecule has 1 aromatic carbocycles. The molecule has 2 aromatic heterocycles. The van der Waals surface area contributed by atoms with Gasteiger partial charge in [0.2, 0.25) is 5.91 Å². The first-order valence-corrected chi connectivity index (χ1v) is 10.7. The zero-order valence-corrected chi connectivity index (χ0v) is 16.3. The van der Waals surface area contributed by atoms with Crippen molar-refractivity contribution in [3.05, 3.63) is 51.9 Å². The normalized spacial score (nSPS) is 19.9. The van der Waals surface area contributed by atoms with Gasteiger partial charge in [0.1, 0.15) is 10.7 Å². The summed E-state index contributed by atoms with van der Waals surface area (Å²) in [6, 6.07) is 10.1. The third-order valence-electron chi connectivity index (χ3n) is 5.52. The number of thiophene rings is 1. The molecule has 2 N–H and O–H groups in total. The molecule has 2 aliphatic rings. The lowest BCUT2D eigenvalue weighted by molar-refractivity contribution is -0.125. The third-order valence-corrected chi connectivity index (χ3v) is 6.39. The predicted molar refractivity (Wildman–Crippen MR) is 110 cm³/mol. The van der Waals surface area contributed by atoms with Crippen LogP contribution in [-0.4, -0.2) is 39.4 Å². The topological polar surface area (TPSA) is 78.1 Å². The molecule has 7 heteroatoms. The molecule has 0 unspecified atom stereocenters. The van der Waals surface area contributed by atoms with Crippen LogP contribution in [0.2, 0.25) is 0 Å². The van der Waals surface area contributed by atoms with Gasteiger partial charge in [0.25, 0.3) is 5.56 Å². The molecule has 0 spiro atoms. The minimum Gasteiger partial charge on any atom is -0.352 e. The molecule has 1 amide bonds. The van der Waals surface area contributed by atoms with Crippen molar-refractivity contribution in [3.8, 4) is 11.1 Å². The van der Waals surface area contributed by atoms with Crippen LogP contribution in [0, 0.1) is 0 Å². The van der Waals surface area contributed by atoms with Crippen LogP contribution >= 0.6 is 11.3 Å². The van der Waals surface area contributed by atoms with Crippen molar-refractivity contribution in [2.45, 2.75) is 44.3 Å². The zero-order chi connectivity index (χ0) is 19.1. The summed E-state index contributed by atoms with van der Waals surface area (Å²) < 4.78 is 0. The van der Waals surface area contributed by atoms with Crippen LogP contribution in [0.3, 0.4) is 0 Å². The molecular weight excluding hydrogens is 372 g/mol. The summed E-state index contributed by atoms with van der Waals surface area (Å²) in [6.07, 6.45) is 4.03. The Kier molecular flexibility index (Phi) is 4.49. The smallest absolute Gasteiger partial charge is 0.260 e. The Morgan fingerprint density at radius 3 is 2.86 bits per heavy atom. The van der Waals surface area contributed by atoms with E-state index in [1.165, 1.54) is 11.3 Å². The van der Waals surface area contributed by atoms with Crippen molar-refractivity contribution in [2.24, 2.45) is 0 Å². The fourth-order valence-corrected chi connectivity index (χ4v) is 4.90. The van der Waals surface area contributed by atoms with Gasteiger partial charge in [-0.15, -0.1) is 11.3 Å². The zero-order valence-electron chi connectivity index (χ0n) is 15.5. The molecular formula is C21H22N4O2S. The maximum absolute atomic E-state index is 12.8. The van der Waals surface area contributed by atoms with E-state index in [9.17, 15) is 9.59 Å². The van der Waals surface area contributed by atoms with Gasteiger partial charge in [-0.2, -0.15) is 0 Å². The molecule has 6 nitrogen and oxygen atoms in total. The number of carbonyl (C=O) groups is 1. The highest BCUT2D eigenvalue weighted by molar-refractivity contribution is 7.17. The Bertz CT molecular complexity index is 1070. The molecule has 1 saturated carbocycles. The summed E-state index contributed by atoms with van der Waals surface area (Å²) in [5, 5.41) is 5.74. The Morgan fingerprint density at radius 1 is 1.25 bits per heavy atom. The first-order valence-electron chi connectivity index (χ1n) is 9.79. The number of hydrogen-bond donors (Lipinski definition) is 2. The largest absolute Gasteiger partial charge is 0.352 e. The van der Waals surface area contributed by atoms with Crippen LogP contribution in [0.4, 0.5) is 0 Å². The number of aromatic nitrogens is 2. The van der Waals surface area contributed by atoms with Crippen molar-refractivity contribution in [2.75, 3.05) is 6.54 Å². The molecule has 1 aliphatic carbocycles. The number of likely N-dealkylation sites (tertiary alicyclic amines) is 1. The van der Waals surface area contributed by atoms with Gasteiger partial charge in [-0.05, 0) is 37.8 Å². The van der Waals surface area contributed by atoms with E-state index in [1.807, 2.05) is 35.7 Å². The molecule has 0 bridgehead atoms. The van der Waals surface area contributed by atoms with Gasteiger partial charge in [-0.1, -0.05) is 30.3 Å². The summed E-state index contributed by atoms with van der Waals surface area (Å²) in [7, 11) is 0. The quantitative estimate of drug-likeness (QED) is 0.698. The highest BCUT2D eigenvalue weighted by atomic mass is 32.1. The van der Waals surface area contributed by atoms with Gasteiger partial charge in [0.15, 0.2) is 0 Å². The molecule has 1 atom stereocenters. The standard InChI is InChI=1S/C21H22N4O2S/c26-19(22-14-8-9-14)16-7-4-10-25(16)11-17-23-20(27)18-15(12-28-21(18)24-17)13-5-2-1-3-6-13/h1-3,5-6,12,14,16H,4,7-11H2,(H,22,26)(H,23,24,27)/t16-/m1/s1. The van der Waals surface area contributed by atoms with E-state index < -0.39 is 0 Å². The van der Waals surface area contributed by atoms with Crippen LogP contribution in [0.15, 0.2) is 40.5 Å². The van der Waals surface area contributed by atoms with Crippen molar-refractivity contribution < 1.29 is 4.79 Å². The molecule has 5 rings (SSSR count). The average Bonchev–Trinajstić information content (AvgIpc) is 3.21. The minimum atomic E-state index is -0.121. The van der Waals surface area contributed by atoms with Gasteiger partial charge >= 0.3 is 0 Å². The van der Waals surface area contributed by atoms with E-state index in [-0.39, 0.29) is 17.5 Å². The lowest BCUT2D eigenvalue weighted by Gasteiger charge is -2.23. The molecule has 3 heterocycles. The van der Waals surface area contributed by atoms with E-state index in [1.54, 1.807) is 0 Å². The number of benzene rings is 1. The number of carbonyl (C=O) groups excluding carboxylic acids is 1. The first kappa shape index (κ1) is 17.6. The van der Waals surface area contributed by atoms with Crippen molar-refractivity contribution in [3.63, 3.8) is 0 Å². The summed E-state index contributed by atoms with van der Waals surface area (Å²) in [6.45, 7) is 1.34. The Labute approximate surface area is 166 Å². The van der Waals surface area contributed by atoms with Gasteiger partial charge in [0.05, 0.1) is 18.0 Å². The number of amides is 1. The highest BCUT2D eigenvalue weighted by Gasteiger charge is 2.34. The lowest BCUT2D eigenvalue weighted by Crippen LogP contribution is -2.44. The number of aromatic amines is 1. The Balaban J connectivity index is 1.41. The van der Waals surface area contributed by atoms with E-state index >= 15 is 0 Å². The van der Waals surface area contributed by atoms with Crippen LogP contribution in [-0.2, 0) is 11.3 Å². The second-order valence-electron chi connectivity index (χ2n) is 7.62. The summed E-state index contributed by atoms with van der Waals surface area (Å²) in [4.78, 5) is 35.8. The Hall–Kier alpha value is -2.51. The van der Waals surface area contributed by atoms with Crippen LogP contribution in [0.25, 0.3) is 21.3 Å². The Morgan fingerprint density at radius 2 is 2.07 bits per heavy atom. The summed E-state index contributed by atoms with van der Waals surface area (Å²) in [5.41, 5.74) is 1.83. The van der Waals surface area contributed by atoms with E-state index in [4.69, 9.17) is 4.98 Å². The van der Waals surface area contributed by atoms with Gasteiger partial charge in [0, 0.05) is 17.0 Å². The van der Waals surface area contributed by atoms with Gasteiger partial charge < -0.3 is 10.3 Å². The fraction of sp³-hybridized carbons (Fsp3) is 0.381. The van der Waals surface area contributed by atoms with Gasteiger partial charge in [-0.25, -0.2) is 4.98 Å². The van der Waals surface area contributed by atoms with E-state index in [2.05, 4.69) is 15.2 Å². The third kappa shape index (κ3) is 3.36. The maximum Gasteiger partial charge on any atom is 0.260 e. The molecule has 28 heavy (non-hydrogen) atoms. The molecule has 0 radical (unpaired) electrons. The number of fused-ring (bicyclic) bond motifs is 1. The molecule has 3 aromatic rings. The van der Waals surface area contributed by atoms with Crippen LogP contribution in [0.5, 0.6) is 0 Å². The highest BCUT2D eigenvalue weighted by Crippen LogP contribution is 2.31.